The number of hydrogen-bond donors (Lipinski definition) is 1. The van der Waals surface area contributed by atoms with E-state index in [1.54, 1.807) is 23.1 Å². The molecule has 1 saturated heterocycles. The average molecular weight is 408 g/mol. The van der Waals surface area contributed by atoms with Crippen LogP contribution in [0.4, 0.5) is 19.3 Å². The van der Waals surface area contributed by atoms with E-state index < -0.39 is 11.6 Å². The second kappa shape index (κ2) is 9.14. The van der Waals surface area contributed by atoms with Crippen molar-refractivity contribution >= 4 is 23.5 Å². The van der Waals surface area contributed by atoms with Gasteiger partial charge in [-0.3, -0.25) is 0 Å². The molecule has 3 rings (SSSR count). The van der Waals surface area contributed by atoms with E-state index in [2.05, 4.69) is 5.32 Å². The van der Waals surface area contributed by atoms with E-state index in [0.29, 0.717) is 48.0 Å². The summed E-state index contributed by atoms with van der Waals surface area (Å²) in [7, 11) is 3.08. The fourth-order valence-electron chi connectivity index (χ4n) is 3.07. The molecule has 0 radical (unpaired) electrons. The molecule has 0 spiro atoms. The normalized spacial score (nSPS) is 17.0. The van der Waals surface area contributed by atoms with Gasteiger partial charge >= 0.3 is 6.03 Å². The highest BCUT2D eigenvalue weighted by Crippen LogP contribution is 2.36. The Hall–Kier alpha value is -2.48. The van der Waals surface area contributed by atoms with Gasteiger partial charge in [-0.1, -0.05) is 0 Å². The van der Waals surface area contributed by atoms with Crippen LogP contribution in [0.1, 0.15) is 17.2 Å². The number of carbonyl (C=O) groups excluding carboxylic acids is 1. The number of urea groups is 1. The van der Waals surface area contributed by atoms with Gasteiger partial charge in [-0.05, 0) is 24.6 Å². The van der Waals surface area contributed by atoms with Crippen LogP contribution < -0.4 is 14.8 Å². The Kier molecular flexibility index (Phi) is 6.61. The summed E-state index contributed by atoms with van der Waals surface area (Å²) < 4.78 is 38.0. The SMILES string of the molecule is COc1cc(NC(=O)N2CCSC(c3cc(F)ccc3F)CC2)cc(OC)c1. The molecule has 2 aromatic rings. The van der Waals surface area contributed by atoms with E-state index in [-0.39, 0.29) is 11.3 Å². The maximum atomic E-state index is 14.1. The predicted molar refractivity (Wildman–Crippen MR) is 106 cm³/mol. The van der Waals surface area contributed by atoms with Gasteiger partial charge in [0.15, 0.2) is 0 Å². The van der Waals surface area contributed by atoms with Crippen molar-refractivity contribution in [3.8, 4) is 11.5 Å². The van der Waals surface area contributed by atoms with Crippen LogP contribution in [0.3, 0.4) is 0 Å². The lowest BCUT2D eigenvalue weighted by molar-refractivity contribution is 0.215. The number of methoxy groups -OCH3 is 2. The van der Waals surface area contributed by atoms with Crippen LogP contribution in [0.2, 0.25) is 0 Å². The first-order chi connectivity index (χ1) is 13.5. The molecule has 5 nitrogen and oxygen atoms in total. The molecule has 0 saturated carbocycles. The summed E-state index contributed by atoms with van der Waals surface area (Å²) >= 11 is 1.53. The number of nitrogens with one attached hydrogen (secondary N) is 1. The molecular weight excluding hydrogens is 386 g/mol. The third-order valence-electron chi connectivity index (χ3n) is 4.54. The second-order valence-electron chi connectivity index (χ2n) is 6.33. The molecule has 2 aromatic carbocycles. The number of nitrogens with zero attached hydrogens (tertiary/aromatic N) is 1. The third kappa shape index (κ3) is 4.86. The standard InChI is InChI=1S/C20H22F2N2O3S/c1-26-15-10-14(11-16(12-15)27-2)23-20(25)24-6-5-19(28-8-7-24)17-9-13(21)3-4-18(17)22/h3-4,9-12,19H,5-8H2,1-2H3,(H,23,25). The highest BCUT2D eigenvalue weighted by atomic mass is 32.2. The molecule has 8 heteroatoms. The Morgan fingerprint density at radius 2 is 1.82 bits per heavy atom. The van der Waals surface area contributed by atoms with Crippen LogP contribution in [0, 0.1) is 11.6 Å². The Morgan fingerprint density at radius 1 is 1.11 bits per heavy atom. The van der Waals surface area contributed by atoms with Crippen LogP contribution in [0.15, 0.2) is 36.4 Å². The second-order valence-corrected chi connectivity index (χ2v) is 7.64. The van der Waals surface area contributed by atoms with Crippen LogP contribution in [0.5, 0.6) is 11.5 Å². The van der Waals surface area contributed by atoms with Crippen molar-refractivity contribution in [1.29, 1.82) is 0 Å². The highest BCUT2D eigenvalue weighted by Gasteiger charge is 2.24. The van der Waals surface area contributed by atoms with Gasteiger partial charge in [0.05, 0.1) is 14.2 Å². The number of hydrogen-bond acceptors (Lipinski definition) is 4. The van der Waals surface area contributed by atoms with Crippen molar-refractivity contribution in [1.82, 2.24) is 4.90 Å². The molecular formula is C20H22F2N2O3S. The maximum absolute atomic E-state index is 14.1. The molecule has 1 N–H and O–H groups in total. The molecule has 1 fully saturated rings. The van der Waals surface area contributed by atoms with Gasteiger partial charge in [0, 0.05) is 53.5 Å². The van der Waals surface area contributed by atoms with Crippen molar-refractivity contribution in [2.45, 2.75) is 11.7 Å². The number of halogens is 2. The number of benzene rings is 2. The summed E-state index contributed by atoms with van der Waals surface area (Å²) in [6, 6.07) is 8.38. The van der Waals surface area contributed by atoms with Gasteiger partial charge in [-0.2, -0.15) is 11.8 Å². The van der Waals surface area contributed by atoms with Gasteiger partial charge in [0.25, 0.3) is 0 Å². The lowest BCUT2D eigenvalue weighted by atomic mass is 10.1. The van der Waals surface area contributed by atoms with E-state index in [1.165, 1.54) is 32.0 Å². The molecule has 0 bridgehead atoms. The van der Waals surface area contributed by atoms with Crippen molar-refractivity contribution in [3.63, 3.8) is 0 Å². The monoisotopic (exact) mass is 408 g/mol. The van der Waals surface area contributed by atoms with Gasteiger partial charge in [0.2, 0.25) is 0 Å². The molecule has 28 heavy (non-hydrogen) atoms. The summed E-state index contributed by atoms with van der Waals surface area (Å²) in [5.41, 5.74) is 0.913. The largest absolute Gasteiger partial charge is 0.497 e. The van der Waals surface area contributed by atoms with Gasteiger partial charge in [0.1, 0.15) is 23.1 Å². The van der Waals surface area contributed by atoms with Gasteiger partial charge in [-0.15, -0.1) is 0 Å². The Balaban J connectivity index is 1.67. The lowest BCUT2D eigenvalue weighted by Crippen LogP contribution is -2.36. The fraction of sp³-hybridized carbons (Fsp3) is 0.350. The first-order valence-corrected chi connectivity index (χ1v) is 9.90. The molecule has 150 valence electrons. The van der Waals surface area contributed by atoms with Crippen LogP contribution >= 0.6 is 11.8 Å². The van der Waals surface area contributed by atoms with Crippen LogP contribution in [-0.2, 0) is 0 Å². The first-order valence-electron chi connectivity index (χ1n) is 8.85. The third-order valence-corrected chi connectivity index (χ3v) is 5.85. The summed E-state index contributed by atoms with van der Waals surface area (Å²) in [5, 5.41) is 2.66. The first kappa shape index (κ1) is 20.3. The number of rotatable bonds is 4. The number of ether oxygens (including phenoxy) is 2. The Morgan fingerprint density at radius 3 is 2.50 bits per heavy atom. The smallest absolute Gasteiger partial charge is 0.321 e. The lowest BCUT2D eigenvalue weighted by Gasteiger charge is -2.21. The fourth-order valence-corrected chi connectivity index (χ4v) is 4.31. The minimum atomic E-state index is -0.456. The van der Waals surface area contributed by atoms with Crippen molar-refractivity contribution in [2.24, 2.45) is 0 Å². The molecule has 0 aromatic heterocycles. The zero-order valence-electron chi connectivity index (χ0n) is 15.7. The van der Waals surface area contributed by atoms with Gasteiger partial charge in [-0.25, -0.2) is 13.6 Å². The topological polar surface area (TPSA) is 50.8 Å². The molecule has 1 aliphatic heterocycles. The number of carbonyl (C=O) groups is 1. The molecule has 1 aliphatic rings. The van der Waals surface area contributed by atoms with E-state index in [4.69, 9.17) is 9.47 Å². The summed E-state index contributed by atoms with van der Waals surface area (Å²) in [4.78, 5) is 14.4. The minimum Gasteiger partial charge on any atom is -0.497 e. The predicted octanol–water partition coefficient (Wildman–Crippen LogP) is 4.69. The Labute approximate surface area is 167 Å². The molecule has 2 amide bonds. The number of anilines is 1. The summed E-state index contributed by atoms with van der Waals surface area (Å²) in [5.74, 6) is 0.906. The number of amides is 2. The van der Waals surface area contributed by atoms with Crippen LogP contribution in [0.25, 0.3) is 0 Å². The van der Waals surface area contributed by atoms with E-state index in [0.717, 1.165) is 12.1 Å². The molecule has 1 heterocycles. The molecule has 0 aliphatic carbocycles. The van der Waals surface area contributed by atoms with Crippen molar-refractivity contribution < 1.29 is 23.0 Å². The Bertz CT molecular complexity index is 828. The summed E-state index contributed by atoms with van der Waals surface area (Å²) in [6.07, 6.45) is 0.542. The highest BCUT2D eigenvalue weighted by molar-refractivity contribution is 7.99. The molecule has 1 atom stereocenters. The zero-order chi connectivity index (χ0) is 20.1. The van der Waals surface area contributed by atoms with Crippen LogP contribution in [-0.4, -0.2) is 44.0 Å². The summed E-state index contributed by atoms with van der Waals surface area (Å²) in [6.45, 7) is 0.964. The zero-order valence-corrected chi connectivity index (χ0v) is 16.5. The quantitative estimate of drug-likeness (QED) is 0.797. The van der Waals surface area contributed by atoms with E-state index in [9.17, 15) is 13.6 Å². The number of thioether (sulfide) groups is 1. The van der Waals surface area contributed by atoms with Crippen molar-refractivity contribution in [3.05, 3.63) is 53.6 Å². The minimum absolute atomic E-state index is 0.189. The van der Waals surface area contributed by atoms with Crippen molar-refractivity contribution in [2.75, 3.05) is 38.4 Å². The van der Waals surface area contributed by atoms with E-state index >= 15 is 0 Å². The van der Waals surface area contributed by atoms with E-state index in [1.807, 2.05) is 0 Å². The maximum Gasteiger partial charge on any atom is 0.321 e. The molecule has 1 unspecified atom stereocenters. The average Bonchev–Trinajstić information content (AvgIpc) is 2.95. The van der Waals surface area contributed by atoms with Gasteiger partial charge < -0.3 is 19.7 Å².